The standard InChI is InChI=1S/C42H47F21O5/c1-3-65-14-13-30-22-28(10-9-27-21-29(12-11-26-7-5-4-6-8-26)31(23-27)25-68-20-19-67-18-17-66-16-15-64-2)24-32(30)33(43,44)34(45,46)35(47,48)36(49,50)37(51,52)38(53,54)39(55,56)40(57,58)41(59,60)42(61,62)63/h4-14,27-32H,3,15-25H2,1-2H3/b10-9+,12-11-,14-13-. The first kappa shape index (κ1) is 58.9. The fourth-order valence-corrected chi connectivity index (χ4v) is 7.67. The number of alkyl halides is 21. The summed E-state index contributed by atoms with van der Waals surface area (Å²) < 4.78 is 324. The molecule has 2 aliphatic rings. The van der Waals surface area contributed by atoms with Crippen LogP contribution >= 0.6 is 0 Å². The smallest absolute Gasteiger partial charge is 0.460 e. The number of benzene rings is 1. The van der Waals surface area contributed by atoms with E-state index in [-0.39, 0.29) is 44.9 Å². The molecule has 68 heavy (non-hydrogen) atoms. The first-order chi connectivity index (χ1) is 31.2. The molecular formula is C42H47F21O5. The lowest BCUT2D eigenvalue weighted by atomic mass is 9.80. The lowest BCUT2D eigenvalue weighted by Crippen LogP contribution is -2.77. The minimum Gasteiger partial charge on any atom is -0.502 e. The van der Waals surface area contributed by atoms with Gasteiger partial charge in [0, 0.05) is 13.0 Å². The van der Waals surface area contributed by atoms with Crippen molar-refractivity contribution in [2.24, 2.45) is 35.5 Å². The fourth-order valence-electron chi connectivity index (χ4n) is 7.67. The molecule has 26 heteroatoms. The maximum absolute atomic E-state index is 15.8. The monoisotopic (exact) mass is 1030 g/mol. The third kappa shape index (κ3) is 11.7. The summed E-state index contributed by atoms with van der Waals surface area (Å²) in [6, 6.07) is 8.94. The van der Waals surface area contributed by atoms with Gasteiger partial charge in [0.25, 0.3) is 0 Å². The number of methoxy groups -OCH3 is 1. The van der Waals surface area contributed by atoms with Crippen molar-refractivity contribution in [2.75, 3.05) is 60.0 Å². The molecule has 2 aliphatic carbocycles. The highest BCUT2D eigenvalue weighted by atomic mass is 19.4. The highest BCUT2D eigenvalue weighted by molar-refractivity contribution is 5.49. The second-order valence-electron chi connectivity index (χ2n) is 16.1. The van der Waals surface area contributed by atoms with Crippen molar-refractivity contribution >= 4 is 6.08 Å². The van der Waals surface area contributed by atoms with Crippen LogP contribution in [0.15, 0.2) is 60.9 Å². The Balaban J connectivity index is 1.89. The SMILES string of the molecule is CCO/C=C\C1CC(/C=C/C2CC(/C=C\c3ccccc3)C(COCCOCCOCCOC)C2)CC1C(F)(F)C(F)(F)C(F)(F)C(F)(F)C(F)(F)C(F)(F)C(F)(F)C(F)(F)C(F)(F)C(F)(F)F. The summed E-state index contributed by atoms with van der Waals surface area (Å²) in [5.74, 6) is -84.9. The maximum atomic E-state index is 15.8. The van der Waals surface area contributed by atoms with Crippen LogP contribution in [0.2, 0.25) is 0 Å². The number of hydrogen-bond acceptors (Lipinski definition) is 5. The zero-order valence-electron chi connectivity index (χ0n) is 35.8. The van der Waals surface area contributed by atoms with Crippen LogP contribution in [0.4, 0.5) is 92.2 Å². The van der Waals surface area contributed by atoms with Gasteiger partial charge in [-0.2, -0.15) is 92.2 Å². The van der Waals surface area contributed by atoms with Crippen molar-refractivity contribution in [3.63, 3.8) is 0 Å². The quantitative estimate of drug-likeness (QED) is 0.0380. The van der Waals surface area contributed by atoms with Crippen molar-refractivity contribution < 1.29 is 116 Å². The van der Waals surface area contributed by atoms with Gasteiger partial charge in [-0.15, -0.1) is 0 Å². The van der Waals surface area contributed by atoms with Gasteiger partial charge in [-0.25, -0.2) is 0 Å². The molecule has 0 aliphatic heterocycles. The molecule has 1 aromatic carbocycles. The molecule has 0 aromatic heterocycles. The van der Waals surface area contributed by atoms with Crippen LogP contribution in [0.5, 0.6) is 0 Å². The molecule has 1 aromatic rings. The molecule has 6 unspecified atom stereocenters. The van der Waals surface area contributed by atoms with E-state index >= 15 is 17.6 Å². The average Bonchev–Trinajstić information content (AvgIpc) is 3.85. The third-order valence-electron chi connectivity index (χ3n) is 11.5. The summed E-state index contributed by atoms with van der Waals surface area (Å²) in [6.07, 6.45) is -1.84. The average molecular weight is 1030 g/mol. The zero-order valence-corrected chi connectivity index (χ0v) is 35.8. The van der Waals surface area contributed by atoms with Crippen LogP contribution in [0.25, 0.3) is 6.08 Å². The number of allylic oxidation sites excluding steroid dienone is 4. The third-order valence-corrected chi connectivity index (χ3v) is 11.5. The Kier molecular flexibility index (Phi) is 19.4. The fraction of sp³-hybridized carbons (Fsp3) is 0.714. The van der Waals surface area contributed by atoms with Crippen LogP contribution < -0.4 is 0 Å². The Morgan fingerprint density at radius 3 is 1.41 bits per heavy atom. The molecule has 6 atom stereocenters. The number of halogens is 21. The highest BCUT2D eigenvalue weighted by Gasteiger charge is 2.98. The minimum atomic E-state index is -9.22. The summed E-state index contributed by atoms with van der Waals surface area (Å²) in [5, 5.41) is 0. The number of hydrogen-bond donors (Lipinski definition) is 0. The van der Waals surface area contributed by atoms with Gasteiger partial charge >= 0.3 is 59.5 Å². The lowest BCUT2D eigenvalue weighted by Gasteiger charge is -2.45. The molecule has 5 nitrogen and oxygen atoms in total. The molecule has 2 saturated carbocycles. The highest BCUT2D eigenvalue weighted by Crippen LogP contribution is 2.67. The molecule has 3 rings (SSSR count). The van der Waals surface area contributed by atoms with Crippen molar-refractivity contribution in [3.8, 4) is 0 Å². The van der Waals surface area contributed by atoms with E-state index in [1.54, 1.807) is 30.3 Å². The summed E-state index contributed by atoms with van der Waals surface area (Å²) in [7, 11) is 1.51. The van der Waals surface area contributed by atoms with E-state index in [0.29, 0.717) is 45.0 Å². The van der Waals surface area contributed by atoms with Crippen LogP contribution in [-0.2, 0) is 23.7 Å². The molecule has 0 N–H and O–H groups in total. The lowest BCUT2D eigenvalue weighted by molar-refractivity contribution is -0.475. The van der Waals surface area contributed by atoms with E-state index in [1.807, 2.05) is 12.2 Å². The molecular weight excluding hydrogens is 983 g/mol. The van der Waals surface area contributed by atoms with Gasteiger partial charge in [-0.05, 0) is 73.8 Å². The first-order valence-corrected chi connectivity index (χ1v) is 20.5. The predicted molar refractivity (Wildman–Crippen MR) is 200 cm³/mol. The second kappa shape index (κ2) is 22.4. The largest absolute Gasteiger partial charge is 0.502 e. The van der Waals surface area contributed by atoms with E-state index < -0.39 is 96.0 Å². The van der Waals surface area contributed by atoms with Crippen LogP contribution in [-0.4, -0.2) is 119 Å². The van der Waals surface area contributed by atoms with E-state index in [1.165, 1.54) is 26.2 Å². The van der Waals surface area contributed by atoms with Gasteiger partial charge in [-0.1, -0.05) is 54.6 Å². The Morgan fingerprint density at radius 1 is 0.485 bits per heavy atom. The van der Waals surface area contributed by atoms with Gasteiger partial charge in [0.15, 0.2) is 0 Å². The Labute approximate surface area is 376 Å². The van der Waals surface area contributed by atoms with Gasteiger partial charge in [0.1, 0.15) is 0 Å². The van der Waals surface area contributed by atoms with Gasteiger partial charge < -0.3 is 23.7 Å². The predicted octanol–water partition coefficient (Wildman–Crippen LogP) is 13.1. The molecule has 0 spiro atoms. The van der Waals surface area contributed by atoms with Crippen molar-refractivity contribution in [2.45, 2.75) is 92.1 Å². The minimum absolute atomic E-state index is 0.164. The van der Waals surface area contributed by atoms with Crippen molar-refractivity contribution in [1.29, 1.82) is 0 Å². The first-order valence-electron chi connectivity index (χ1n) is 20.5. The topological polar surface area (TPSA) is 46.2 Å². The molecule has 2 fully saturated rings. The van der Waals surface area contributed by atoms with E-state index in [9.17, 15) is 74.6 Å². The number of ether oxygens (including phenoxy) is 5. The van der Waals surface area contributed by atoms with E-state index in [0.717, 1.165) is 5.56 Å². The van der Waals surface area contributed by atoms with Crippen LogP contribution in [0.3, 0.4) is 0 Å². The van der Waals surface area contributed by atoms with Crippen molar-refractivity contribution in [1.82, 2.24) is 0 Å². The van der Waals surface area contributed by atoms with E-state index in [2.05, 4.69) is 0 Å². The molecule has 0 heterocycles. The van der Waals surface area contributed by atoms with Gasteiger partial charge in [0.05, 0.1) is 59.1 Å². The molecule has 0 bridgehead atoms. The number of rotatable bonds is 27. The maximum Gasteiger partial charge on any atom is 0.460 e. The second-order valence-corrected chi connectivity index (χ2v) is 16.1. The Bertz CT molecular complexity index is 1800. The molecule has 0 amide bonds. The van der Waals surface area contributed by atoms with Gasteiger partial charge in [0.2, 0.25) is 0 Å². The Morgan fingerprint density at radius 2 is 0.926 bits per heavy atom. The molecule has 0 saturated heterocycles. The van der Waals surface area contributed by atoms with Crippen molar-refractivity contribution in [3.05, 3.63) is 66.5 Å². The summed E-state index contributed by atoms with van der Waals surface area (Å²) in [6.45, 7) is 2.92. The summed E-state index contributed by atoms with van der Waals surface area (Å²) >= 11 is 0. The van der Waals surface area contributed by atoms with E-state index in [4.69, 9.17) is 23.7 Å². The normalized spacial score (nSPS) is 23.5. The molecule has 392 valence electrons. The van der Waals surface area contributed by atoms with Crippen LogP contribution in [0.1, 0.15) is 38.2 Å². The Hall–Kier alpha value is -3.39. The van der Waals surface area contributed by atoms with Gasteiger partial charge in [-0.3, -0.25) is 0 Å². The summed E-state index contributed by atoms with van der Waals surface area (Å²) in [4.78, 5) is 0. The van der Waals surface area contributed by atoms with Crippen LogP contribution in [0, 0.1) is 35.5 Å². The molecule has 0 radical (unpaired) electrons. The zero-order chi connectivity index (χ0) is 51.8. The summed E-state index contributed by atoms with van der Waals surface area (Å²) in [5.41, 5.74) is 0.819.